The SMILES string of the molecule is COc1cc([N+](=O)[O-])ccc1-c1ccc(/C=N/N=C(N)N[N+](=O)[O-])o1. The molecule has 0 amide bonds. The van der Waals surface area contributed by atoms with Crippen LogP contribution in [-0.2, 0) is 0 Å². The number of rotatable bonds is 6. The quantitative estimate of drug-likeness (QED) is 0.340. The van der Waals surface area contributed by atoms with Gasteiger partial charge in [-0.05, 0) is 18.2 Å². The first-order valence-corrected chi connectivity index (χ1v) is 6.61. The number of ether oxygens (including phenoxy) is 1. The lowest BCUT2D eigenvalue weighted by Gasteiger charge is -2.05. The molecule has 0 bridgehead atoms. The zero-order valence-electron chi connectivity index (χ0n) is 12.8. The van der Waals surface area contributed by atoms with Crippen LogP contribution in [0.5, 0.6) is 5.75 Å². The lowest BCUT2D eigenvalue weighted by atomic mass is 10.1. The van der Waals surface area contributed by atoms with E-state index in [0.29, 0.717) is 11.3 Å². The Bertz CT molecular complexity index is 858. The third-order valence-electron chi connectivity index (χ3n) is 2.84. The molecule has 0 aliphatic heterocycles. The Balaban J connectivity index is 2.21. The molecule has 0 radical (unpaired) electrons. The molecule has 130 valence electrons. The second kappa shape index (κ2) is 7.54. The third-order valence-corrected chi connectivity index (χ3v) is 2.84. The molecule has 0 fully saturated rings. The molecule has 12 heteroatoms. The van der Waals surface area contributed by atoms with E-state index in [1.54, 1.807) is 17.6 Å². The second-order valence-corrected chi connectivity index (χ2v) is 4.44. The van der Waals surface area contributed by atoms with E-state index in [2.05, 4.69) is 10.2 Å². The number of hydrogen-bond donors (Lipinski definition) is 2. The van der Waals surface area contributed by atoms with E-state index in [9.17, 15) is 20.2 Å². The van der Waals surface area contributed by atoms with Crippen LogP contribution in [0.1, 0.15) is 5.76 Å². The first kappa shape index (κ1) is 17.4. The van der Waals surface area contributed by atoms with E-state index in [4.69, 9.17) is 14.9 Å². The van der Waals surface area contributed by atoms with Gasteiger partial charge in [0.1, 0.15) is 17.3 Å². The van der Waals surface area contributed by atoms with Crippen molar-refractivity contribution < 1.29 is 19.1 Å². The van der Waals surface area contributed by atoms with Crippen molar-refractivity contribution in [3.8, 4) is 17.1 Å². The molecule has 12 nitrogen and oxygen atoms in total. The van der Waals surface area contributed by atoms with Gasteiger partial charge in [-0.15, -0.1) is 5.10 Å². The van der Waals surface area contributed by atoms with Crippen LogP contribution in [0, 0.1) is 20.2 Å². The van der Waals surface area contributed by atoms with Crippen molar-refractivity contribution in [2.24, 2.45) is 15.9 Å². The highest BCUT2D eigenvalue weighted by Gasteiger charge is 2.15. The number of nitrogens with two attached hydrogens (primary N) is 1. The van der Waals surface area contributed by atoms with E-state index in [1.165, 1.54) is 31.5 Å². The number of methoxy groups -OCH3 is 1. The fourth-order valence-electron chi connectivity index (χ4n) is 1.83. The van der Waals surface area contributed by atoms with Crippen LogP contribution in [0.15, 0.2) is 45.0 Å². The summed E-state index contributed by atoms with van der Waals surface area (Å²) in [6.07, 6.45) is 1.19. The Hall–Kier alpha value is -3.96. The maximum Gasteiger partial charge on any atom is 0.275 e. The number of hydrogen-bond acceptors (Lipinski definition) is 8. The van der Waals surface area contributed by atoms with E-state index < -0.39 is 15.9 Å². The van der Waals surface area contributed by atoms with Crippen LogP contribution < -0.4 is 15.9 Å². The van der Waals surface area contributed by atoms with Crippen molar-refractivity contribution in [3.05, 3.63) is 56.3 Å². The number of nitro benzene ring substituents is 1. The summed E-state index contributed by atoms with van der Waals surface area (Å²) in [4.78, 5) is 20.4. The van der Waals surface area contributed by atoms with Gasteiger partial charge in [-0.2, -0.15) is 5.10 Å². The number of nitrogens with one attached hydrogen (secondary N) is 1. The second-order valence-electron chi connectivity index (χ2n) is 4.44. The summed E-state index contributed by atoms with van der Waals surface area (Å²) in [5.41, 5.74) is 7.21. The van der Waals surface area contributed by atoms with E-state index >= 15 is 0 Å². The Morgan fingerprint density at radius 1 is 1.32 bits per heavy atom. The molecule has 0 saturated carbocycles. The molecule has 25 heavy (non-hydrogen) atoms. The van der Waals surface area contributed by atoms with Crippen molar-refractivity contribution in [3.63, 3.8) is 0 Å². The molecule has 0 atom stereocenters. The van der Waals surface area contributed by atoms with Crippen LogP contribution in [0.25, 0.3) is 11.3 Å². The van der Waals surface area contributed by atoms with Gasteiger partial charge in [0.2, 0.25) is 0 Å². The highest BCUT2D eigenvalue weighted by molar-refractivity contribution is 5.80. The molecule has 0 spiro atoms. The van der Waals surface area contributed by atoms with Gasteiger partial charge in [0.05, 0.1) is 29.9 Å². The maximum absolute atomic E-state index is 10.8. The van der Waals surface area contributed by atoms with Gasteiger partial charge in [0.15, 0.2) is 5.03 Å². The van der Waals surface area contributed by atoms with Crippen LogP contribution in [-0.4, -0.2) is 29.2 Å². The first-order chi connectivity index (χ1) is 11.9. The summed E-state index contributed by atoms with van der Waals surface area (Å²) in [6.45, 7) is 0. The molecular formula is C13H12N6O6. The number of nitro groups is 2. The van der Waals surface area contributed by atoms with Crippen molar-refractivity contribution in [1.29, 1.82) is 0 Å². The van der Waals surface area contributed by atoms with Crippen molar-refractivity contribution in [1.82, 2.24) is 5.43 Å². The summed E-state index contributed by atoms with van der Waals surface area (Å²) in [5.74, 6) is 0.441. The number of benzene rings is 1. The van der Waals surface area contributed by atoms with Gasteiger partial charge >= 0.3 is 0 Å². The number of nitrogens with zero attached hydrogens (tertiary/aromatic N) is 4. The lowest BCUT2D eigenvalue weighted by molar-refractivity contribution is -0.525. The van der Waals surface area contributed by atoms with E-state index in [1.807, 2.05) is 0 Å². The number of furan rings is 1. The molecule has 0 aliphatic rings. The monoisotopic (exact) mass is 348 g/mol. The largest absolute Gasteiger partial charge is 0.496 e. The maximum atomic E-state index is 10.8. The highest BCUT2D eigenvalue weighted by Crippen LogP contribution is 2.33. The van der Waals surface area contributed by atoms with Gasteiger partial charge < -0.3 is 14.9 Å². The molecule has 2 aromatic rings. The predicted octanol–water partition coefficient (Wildman–Crippen LogP) is 1.29. The Morgan fingerprint density at radius 3 is 2.72 bits per heavy atom. The van der Waals surface area contributed by atoms with Gasteiger partial charge in [-0.1, -0.05) is 5.43 Å². The van der Waals surface area contributed by atoms with Crippen molar-refractivity contribution >= 4 is 17.9 Å². The first-order valence-electron chi connectivity index (χ1n) is 6.61. The average Bonchev–Trinajstić information content (AvgIpc) is 3.02. The molecule has 0 saturated heterocycles. The fraction of sp³-hybridized carbons (Fsp3) is 0.0769. The van der Waals surface area contributed by atoms with E-state index in [-0.39, 0.29) is 17.2 Å². The summed E-state index contributed by atoms with van der Waals surface area (Å²) in [7, 11) is 1.38. The topological polar surface area (TPSA) is 171 Å². The number of guanidine groups is 1. The zero-order valence-corrected chi connectivity index (χ0v) is 12.8. The minimum atomic E-state index is -0.875. The molecule has 1 aromatic carbocycles. The molecule has 3 N–H and O–H groups in total. The summed E-state index contributed by atoms with van der Waals surface area (Å²) in [5, 5.41) is 27.0. The van der Waals surface area contributed by atoms with Crippen molar-refractivity contribution in [2.75, 3.05) is 7.11 Å². The normalized spacial score (nSPS) is 11.5. The van der Waals surface area contributed by atoms with Crippen LogP contribution >= 0.6 is 0 Å². The molecule has 0 unspecified atom stereocenters. The van der Waals surface area contributed by atoms with Gasteiger partial charge in [-0.25, -0.2) is 10.1 Å². The molecule has 0 aliphatic carbocycles. The van der Waals surface area contributed by atoms with Crippen LogP contribution in [0.4, 0.5) is 5.69 Å². The van der Waals surface area contributed by atoms with Crippen LogP contribution in [0.2, 0.25) is 0 Å². The van der Waals surface area contributed by atoms with Gasteiger partial charge in [-0.3, -0.25) is 10.1 Å². The predicted molar refractivity (Wildman–Crippen MR) is 86.7 cm³/mol. The van der Waals surface area contributed by atoms with Crippen LogP contribution in [0.3, 0.4) is 0 Å². The molecule has 1 heterocycles. The van der Waals surface area contributed by atoms with E-state index in [0.717, 1.165) is 0 Å². The van der Waals surface area contributed by atoms with Gasteiger partial charge in [0.25, 0.3) is 11.6 Å². The lowest BCUT2D eigenvalue weighted by Crippen LogP contribution is -2.35. The molecule has 2 rings (SSSR count). The van der Waals surface area contributed by atoms with Crippen molar-refractivity contribution in [2.45, 2.75) is 0 Å². The fourth-order valence-corrected chi connectivity index (χ4v) is 1.83. The summed E-state index contributed by atoms with van der Waals surface area (Å²) in [6, 6.07) is 7.26. The number of hydrazine groups is 1. The average molecular weight is 348 g/mol. The summed E-state index contributed by atoms with van der Waals surface area (Å²) >= 11 is 0. The highest BCUT2D eigenvalue weighted by atomic mass is 16.7. The Kier molecular flexibility index (Phi) is 5.25. The Morgan fingerprint density at radius 2 is 2.08 bits per heavy atom. The zero-order chi connectivity index (χ0) is 18.4. The van der Waals surface area contributed by atoms with Gasteiger partial charge in [0, 0.05) is 6.07 Å². The standard InChI is InChI=1S/C13H12N6O6/c1-24-12-6-8(18(20)21)2-4-10(12)11-5-3-9(25-11)7-15-16-13(14)17-19(22)23/h2-7H,1H3,(H3,14,16,17)/b15-7+. The molecule has 1 aromatic heterocycles. The number of non-ortho nitro benzene ring substituents is 1. The minimum Gasteiger partial charge on any atom is -0.496 e. The smallest absolute Gasteiger partial charge is 0.275 e. The third kappa shape index (κ3) is 4.51. The Labute approximate surface area is 139 Å². The minimum absolute atomic E-state index is 0.114. The summed E-state index contributed by atoms with van der Waals surface area (Å²) < 4.78 is 10.7. The molecular weight excluding hydrogens is 336 g/mol.